The van der Waals surface area contributed by atoms with E-state index < -0.39 is 10.0 Å². The number of primary sulfonamides is 1. The van der Waals surface area contributed by atoms with E-state index in [-0.39, 0.29) is 21.9 Å². The lowest BCUT2D eigenvalue weighted by molar-refractivity contribution is 0.0908. The fraction of sp³-hybridized carbons (Fsp3) is 0.500. The van der Waals surface area contributed by atoms with Crippen LogP contribution >= 0.6 is 15.9 Å². The Morgan fingerprint density at radius 1 is 1.38 bits per heavy atom. The quantitative estimate of drug-likeness (QED) is 0.827. The minimum atomic E-state index is -3.88. The minimum Gasteiger partial charge on any atom is -0.347 e. The van der Waals surface area contributed by atoms with Crippen LogP contribution in [0.5, 0.6) is 0 Å². The molecule has 5 nitrogen and oxygen atoms in total. The highest BCUT2D eigenvalue weighted by atomic mass is 79.9. The molecule has 3 N–H and O–H groups in total. The molecule has 0 aromatic heterocycles. The van der Waals surface area contributed by atoms with Crippen molar-refractivity contribution in [3.05, 3.63) is 27.7 Å². The summed E-state index contributed by atoms with van der Waals surface area (Å²) in [6, 6.07) is 2.91. The normalized spacial score (nSPS) is 12.3. The molecule has 7 heteroatoms. The number of nitrogens with two attached hydrogens (primary N) is 1. The van der Waals surface area contributed by atoms with Crippen molar-refractivity contribution in [1.29, 1.82) is 0 Å². The Labute approximate surface area is 134 Å². The Bertz CT molecular complexity index is 654. The monoisotopic (exact) mass is 376 g/mol. The molecule has 0 aliphatic heterocycles. The number of carbonyl (C=O) groups is 1. The number of benzene rings is 1. The van der Waals surface area contributed by atoms with Crippen LogP contribution in [0.15, 0.2) is 21.5 Å². The van der Waals surface area contributed by atoms with Gasteiger partial charge in [0.2, 0.25) is 10.0 Å². The summed E-state index contributed by atoms with van der Waals surface area (Å²) in [6.45, 7) is 7.53. The summed E-state index contributed by atoms with van der Waals surface area (Å²) < 4.78 is 23.7. The third-order valence-corrected chi connectivity index (χ3v) is 5.05. The van der Waals surface area contributed by atoms with Crippen LogP contribution in [0.4, 0.5) is 0 Å². The Balaban J connectivity index is 3.21. The first-order valence-corrected chi connectivity index (χ1v) is 8.97. The maximum atomic E-state index is 12.3. The van der Waals surface area contributed by atoms with Gasteiger partial charge in [0, 0.05) is 15.6 Å². The Morgan fingerprint density at radius 2 is 1.95 bits per heavy atom. The molecule has 1 amide bonds. The molecule has 0 saturated heterocycles. The summed E-state index contributed by atoms with van der Waals surface area (Å²) in [5, 5.41) is 8.09. The van der Waals surface area contributed by atoms with E-state index in [2.05, 4.69) is 21.2 Å². The number of carbonyl (C=O) groups excluding carboxylic acids is 1. The summed E-state index contributed by atoms with van der Waals surface area (Å²) in [4.78, 5) is 12.3. The molecule has 0 fully saturated rings. The molecular formula is C14H21BrN2O3S. The van der Waals surface area contributed by atoms with Gasteiger partial charge < -0.3 is 5.32 Å². The van der Waals surface area contributed by atoms with E-state index >= 15 is 0 Å². The summed E-state index contributed by atoms with van der Waals surface area (Å²) >= 11 is 3.27. The van der Waals surface area contributed by atoms with Crippen molar-refractivity contribution in [3.63, 3.8) is 0 Å². The molecule has 0 atom stereocenters. The lowest BCUT2D eigenvalue weighted by atomic mass is 9.98. The first kappa shape index (κ1) is 18.1. The van der Waals surface area contributed by atoms with Gasteiger partial charge in [-0.05, 0) is 44.9 Å². The Hall–Kier alpha value is -0.920. The van der Waals surface area contributed by atoms with Gasteiger partial charge in [0.1, 0.15) is 0 Å². The van der Waals surface area contributed by atoms with Crippen molar-refractivity contribution < 1.29 is 13.2 Å². The van der Waals surface area contributed by atoms with E-state index in [0.29, 0.717) is 10.0 Å². The second-order valence-electron chi connectivity index (χ2n) is 5.71. The number of halogens is 1. The molecule has 0 spiro atoms. The molecule has 1 aromatic rings. The molecule has 0 radical (unpaired) electrons. The van der Waals surface area contributed by atoms with E-state index in [1.807, 2.05) is 20.8 Å². The van der Waals surface area contributed by atoms with E-state index in [9.17, 15) is 13.2 Å². The molecule has 0 unspecified atom stereocenters. The van der Waals surface area contributed by atoms with Crippen LogP contribution in [0.3, 0.4) is 0 Å². The molecule has 0 bridgehead atoms. The second kappa shape index (κ2) is 6.46. The molecule has 1 rings (SSSR count). The van der Waals surface area contributed by atoms with Gasteiger partial charge in [0.15, 0.2) is 0 Å². The van der Waals surface area contributed by atoms with Gasteiger partial charge in [-0.1, -0.05) is 29.3 Å². The maximum absolute atomic E-state index is 12.3. The van der Waals surface area contributed by atoms with Gasteiger partial charge in [0.25, 0.3) is 5.91 Å². The van der Waals surface area contributed by atoms with E-state index in [4.69, 9.17) is 5.14 Å². The molecule has 0 aliphatic carbocycles. The molecule has 0 heterocycles. The van der Waals surface area contributed by atoms with Crippen molar-refractivity contribution in [2.24, 2.45) is 5.14 Å². The van der Waals surface area contributed by atoms with Crippen LogP contribution in [0, 0.1) is 6.92 Å². The number of hydrogen-bond acceptors (Lipinski definition) is 3. The van der Waals surface area contributed by atoms with Gasteiger partial charge in [0.05, 0.1) is 4.90 Å². The largest absolute Gasteiger partial charge is 0.347 e. The SMILES string of the molecule is CCCC(C)(C)NC(=O)c1cc(Br)c(C)c(S(N)(=O)=O)c1. The Morgan fingerprint density at radius 3 is 2.43 bits per heavy atom. The van der Waals surface area contributed by atoms with Crippen LogP contribution in [0.2, 0.25) is 0 Å². The minimum absolute atomic E-state index is 0.0460. The zero-order valence-corrected chi connectivity index (χ0v) is 15.1. The third-order valence-electron chi connectivity index (χ3n) is 3.19. The highest BCUT2D eigenvalue weighted by molar-refractivity contribution is 9.10. The summed E-state index contributed by atoms with van der Waals surface area (Å²) in [7, 11) is -3.88. The lowest BCUT2D eigenvalue weighted by Gasteiger charge is -2.26. The van der Waals surface area contributed by atoms with Crippen molar-refractivity contribution in [2.75, 3.05) is 0 Å². The Kier molecular flexibility index (Phi) is 5.57. The summed E-state index contributed by atoms with van der Waals surface area (Å²) in [6.07, 6.45) is 1.76. The topological polar surface area (TPSA) is 89.3 Å². The van der Waals surface area contributed by atoms with Crippen molar-refractivity contribution in [2.45, 2.75) is 51.0 Å². The smallest absolute Gasteiger partial charge is 0.251 e. The van der Waals surface area contributed by atoms with Gasteiger partial charge >= 0.3 is 0 Å². The molecule has 118 valence electrons. The zero-order chi connectivity index (χ0) is 16.4. The fourth-order valence-electron chi connectivity index (χ4n) is 2.15. The maximum Gasteiger partial charge on any atom is 0.251 e. The predicted octanol–water partition coefficient (Wildman–Crippen LogP) is 2.71. The molecule has 1 aromatic carbocycles. The number of amides is 1. The van der Waals surface area contributed by atoms with Crippen molar-refractivity contribution in [1.82, 2.24) is 5.32 Å². The van der Waals surface area contributed by atoms with Crippen LogP contribution < -0.4 is 10.5 Å². The summed E-state index contributed by atoms with van der Waals surface area (Å²) in [5.41, 5.74) is 0.396. The number of rotatable bonds is 5. The van der Waals surface area contributed by atoms with Crippen molar-refractivity contribution in [3.8, 4) is 0 Å². The molecule has 21 heavy (non-hydrogen) atoms. The highest BCUT2D eigenvalue weighted by Gasteiger charge is 2.23. The standard InChI is InChI=1S/C14H21BrN2O3S/c1-5-6-14(3,4)17-13(18)10-7-11(15)9(2)12(8-10)21(16,19)20/h7-8H,5-6H2,1-4H3,(H,17,18)(H2,16,19,20). The summed E-state index contributed by atoms with van der Waals surface area (Å²) in [5.74, 6) is -0.320. The van der Waals surface area contributed by atoms with Gasteiger partial charge in [-0.2, -0.15) is 0 Å². The number of nitrogens with one attached hydrogen (secondary N) is 1. The average molecular weight is 377 g/mol. The lowest BCUT2D eigenvalue weighted by Crippen LogP contribution is -2.43. The first-order chi connectivity index (χ1) is 9.48. The first-order valence-electron chi connectivity index (χ1n) is 6.63. The number of sulfonamides is 1. The number of hydrogen-bond donors (Lipinski definition) is 2. The third kappa shape index (κ3) is 4.79. The second-order valence-corrected chi connectivity index (χ2v) is 8.10. The van der Waals surface area contributed by atoms with Crippen LogP contribution in [0.25, 0.3) is 0 Å². The van der Waals surface area contributed by atoms with E-state index in [0.717, 1.165) is 12.8 Å². The molecule has 0 aliphatic rings. The van der Waals surface area contributed by atoms with E-state index in [1.165, 1.54) is 6.07 Å². The zero-order valence-electron chi connectivity index (χ0n) is 12.7. The van der Waals surface area contributed by atoms with E-state index in [1.54, 1.807) is 13.0 Å². The van der Waals surface area contributed by atoms with Gasteiger partial charge in [-0.3, -0.25) is 4.79 Å². The molecule has 0 saturated carbocycles. The van der Waals surface area contributed by atoms with Crippen LogP contribution in [-0.4, -0.2) is 19.9 Å². The van der Waals surface area contributed by atoms with Crippen LogP contribution in [0.1, 0.15) is 49.5 Å². The highest BCUT2D eigenvalue weighted by Crippen LogP contribution is 2.25. The average Bonchev–Trinajstić information content (AvgIpc) is 2.29. The van der Waals surface area contributed by atoms with Crippen molar-refractivity contribution >= 4 is 31.9 Å². The fourth-order valence-corrected chi connectivity index (χ4v) is 3.57. The van der Waals surface area contributed by atoms with Crippen LogP contribution in [-0.2, 0) is 10.0 Å². The van der Waals surface area contributed by atoms with Gasteiger partial charge in [-0.25, -0.2) is 13.6 Å². The predicted molar refractivity (Wildman–Crippen MR) is 86.7 cm³/mol. The molecular weight excluding hydrogens is 356 g/mol. The van der Waals surface area contributed by atoms with Gasteiger partial charge in [-0.15, -0.1) is 0 Å².